The first-order chi connectivity index (χ1) is 14.2. The number of methoxy groups -OCH3 is 1. The van der Waals surface area contributed by atoms with E-state index < -0.39 is 5.91 Å². The SMILES string of the molecule is C=C1C(=O)N=C(n2nc(C)c(CCC(=O)Nc3cc(C)ccc3OC)c2C)N=C1C. The van der Waals surface area contributed by atoms with Gasteiger partial charge in [0.2, 0.25) is 5.91 Å². The largest absolute Gasteiger partial charge is 0.495 e. The number of benzene rings is 1. The van der Waals surface area contributed by atoms with Gasteiger partial charge in [0.1, 0.15) is 5.75 Å². The molecule has 156 valence electrons. The van der Waals surface area contributed by atoms with Crippen molar-refractivity contribution >= 4 is 29.2 Å². The maximum atomic E-state index is 12.5. The van der Waals surface area contributed by atoms with Crippen molar-refractivity contribution < 1.29 is 14.3 Å². The number of carbonyl (C=O) groups excluding carboxylic acids is 2. The number of aromatic nitrogens is 2. The fourth-order valence-corrected chi connectivity index (χ4v) is 3.25. The molecule has 2 heterocycles. The monoisotopic (exact) mass is 407 g/mol. The van der Waals surface area contributed by atoms with Gasteiger partial charge in [-0.2, -0.15) is 10.1 Å². The lowest BCUT2D eigenvalue weighted by atomic mass is 10.1. The van der Waals surface area contributed by atoms with Gasteiger partial charge in [0.15, 0.2) is 0 Å². The standard InChI is InChI=1S/C22H25N5O3/c1-12-7-9-19(30-6)18(11-12)24-20(28)10-8-17-15(4)26-27(16(17)5)22-23-14(3)13(2)21(29)25-22/h7,9,11H,2,8,10H2,1,3-6H3,(H,24,28). The minimum Gasteiger partial charge on any atom is -0.495 e. The normalized spacial score (nSPS) is 13.8. The van der Waals surface area contributed by atoms with Gasteiger partial charge in [0, 0.05) is 12.1 Å². The van der Waals surface area contributed by atoms with Gasteiger partial charge in [0.05, 0.1) is 29.8 Å². The first kappa shape index (κ1) is 21.2. The summed E-state index contributed by atoms with van der Waals surface area (Å²) in [5, 5.41) is 7.38. The van der Waals surface area contributed by atoms with Gasteiger partial charge in [-0.15, -0.1) is 0 Å². The number of nitrogens with zero attached hydrogens (tertiary/aromatic N) is 4. The highest BCUT2D eigenvalue weighted by Crippen LogP contribution is 2.25. The number of rotatable bonds is 5. The lowest BCUT2D eigenvalue weighted by Crippen LogP contribution is -2.23. The van der Waals surface area contributed by atoms with Gasteiger partial charge in [0.25, 0.3) is 11.9 Å². The summed E-state index contributed by atoms with van der Waals surface area (Å²) >= 11 is 0. The minimum atomic E-state index is -0.418. The molecule has 0 spiro atoms. The first-order valence-electron chi connectivity index (χ1n) is 9.58. The van der Waals surface area contributed by atoms with E-state index in [9.17, 15) is 9.59 Å². The molecule has 1 aromatic carbocycles. The quantitative estimate of drug-likeness (QED) is 0.770. The number of aryl methyl sites for hydroxylation is 2. The van der Waals surface area contributed by atoms with Crippen LogP contribution >= 0.6 is 0 Å². The molecule has 0 saturated carbocycles. The van der Waals surface area contributed by atoms with E-state index in [-0.39, 0.29) is 23.9 Å². The van der Waals surface area contributed by atoms with Crippen molar-refractivity contribution in [2.24, 2.45) is 9.98 Å². The Kier molecular flexibility index (Phi) is 5.96. The zero-order valence-electron chi connectivity index (χ0n) is 17.9. The number of aliphatic imine (C=N–C) groups is 2. The number of amides is 2. The van der Waals surface area contributed by atoms with Gasteiger partial charge in [-0.25, -0.2) is 9.67 Å². The molecular weight excluding hydrogens is 382 g/mol. The highest BCUT2D eigenvalue weighted by atomic mass is 16.5. The zero-order chi connectivity index (χ0) is 22.0. The Bertz CT molecular complexity index is 1110. The summed E-state index contributed by atoms with van der Waals surface area (Å²) in [4.78, 5) is 32.8. The maximum Gasteiger partial charge on any atom is 0.281 e. The number of ether oxygens (including phenoxy) is 1. The molecule has 3 rings (SSSR count). The van der Waals surface area contributed by atoms with Gasteiger partial charge < -0.3 is 10.1 Å². The molecule has 30 heavy (non-hydrogen) atoms. The topological polar surface area (TPSA) is 97.9 Å². The second kappa shape index (κ2) is 8.44. The molecule has 2 amide bonds. The average molecular weight is 407 g/mol. The molecule has 1 aliphatic rings. The van der Waals surface area contributed by atoms with Crippen molar-refractivity contribution in [2.45, 2.75) is 40.5 Å². The van der Waals surface area contributed by atoms with Crippen LogP contribution in [0.5, 0.6) is 5.75 Å². The van der Waals surface area contributed by atoms with Crippen LogP contribution in [0.4, 0.5) is 5.69 Å². The molecule has 8 heteroatoms. The second-order valence-electron chi connectivity index (χ2n) is 7.21. The zero-order valence-corrected chi connectivity index (χ0v) is 17.9. The van der Waals surface area contributed by atoms with Gasteiger partial charge in [-0.1, -0.05) is 12.6 Å². The number of anilines is 1. The van der Waals surface area contributed by atoms with Crippen molar-refractivity contribution in [1.29, 1.82) is 0 Å². The third-order valence-electron chi connectivity index (χ3n) is 5.03. The van der Waals surface area contributed by atoms with Crippen molar-refractivity contribution in [3.05, 3.63) is 52.9 Å². The van der Waals surface area contributed by atoms with Gasteiger partial charge in [-0.05, 0) is 57.4 Å². The van der Waals surface area contributed by atoms with E-state index in [0.29, 0.717) is 23.6 Å². The molecule has 8 nitrogen and oxygen atoms in total. The number of hydrogen-bond acceptors (Lipinski definition) is 5. The predicted octanol–water partition coefficient (Wildman–Crippen LogP) is 3.15. The van der Waals surface area contributed by atoms with Crippen molar-refractivity contribution in [2.75, 3.05) is 12.4 Å². The molecule has 0 unspecified atom stereocenters. The molecule has 0 radical (unpaired) electrons. The highest BCUT2D eigenvalue weighted by Gasteiger charge is 2.22. The Morgan fingerprint density at radius 1 is 1.20 bits per heavy atom. The predicted molar refractivity (Wildman–Crippen MR) is 116 cm³/mol. The average Bonchev–Trinajstić information content (AvgIpc) is 2.98. The summed E-state index contributed by atoms with van der Waals surface area (Å²) in [5.41, 5.74) is 4.96. The second-order valence-corrected chi connectivity index (χ2v) is 7.21. The minimum absolute atomic E-state index is 0.124. The van der Waals surface area contributed by atoms with E-state index in [2.05, 4.69) is 27.0 Å². The Morgan fingerprint density at radius 3 is 2.60 bits per heavy atom. The fourth-order valence-electron chi connectivity index (χ4n) is 3.25. The van der Waals surface area contributed by atoms with E-state index in [1.54, 1.807) is 18.7 Å². The molecular formula is C22H25N5O3. The Balaban J connectivity index is 1.75. The van der Waals surface area contributed by atoms with Crippen LogP contribution in [0.1, 0.15) is 35.9 Å². The molecule has 1 aliphatic heterocycles. The van der Waals surface area contributed by atoms with Gasteiger partial charge >= 0.3 is 0 Å². The summed E-state index contributed by atoms with van der Waals surface area (Å²) in [6, 6.07) is 5.62. The Labute approximate surface area is 175 Å². The maximum absolute atomic E-state index is 12.5. The summed E-state index contributed by atoms with van der Waals surface area (Å²) in [6.45, 7) is 11.1. The van der Waals surface area contributed by atoms with E-state index in [1.165, 1.54) is 0 Å². The van der Waals surface area contributed by atoms with Crippen LogP contribution in [0.15, 0.2) is 40.3 Å². The van der Waals surface area contributed by atoms with Crippen LogP contribution in [0.25, 0.3) is 0 Å². The van der Waals surface area contributed by atoms with Crippen LogP contribution in [0.2, 0.25) is 0 Å². The lowest BCUT2D eigenvalue weighted by Gasteiger charge is -2.12. The highest BCUT2D eigenvalue weighted by molar-refractivity contribution is 6.27. The van der Waals surface area contributed by atoms with Crippen LogP contribution in [0, 0.1) is 20.8 Å². The smallest absolute Gasteiger partial charge is 0.281 e. The summed E-state index contributed by atoms with van der Waals surface area (Å²) in [7, 11) is 1.57. The Hall–Kier alpha value is -3.55. The van der Waals surface area contributed by atoms with Crippen molar-refractivity contribution in [3.63, 3.8) is 0 Å². The molecule has 0 saturated heterocycles. The van der Waals surface area contributed by atoms with E-state index >= 15 is 0 Å². The number of nitrogens with one attached hydrogen (secondary N) is 1. The summed E-state index contributed by atoms with van der Waals surface area (Å²) < 4.78 is 6.85. The molecule has 0 atom stereocenters. The van der Waals surface area contributed by atoms with E-state index in [1.807, 2.05) is 39.0 Å². The molecule has 0 bridgehead atoms. The van der Waals surface area contributed by atoms with E-state index in [4.69, 9.17) is 4.74 Å². The molecule has 0 fully saturated rings. The summed E-state index contributed by atoms with van der Waals surface area (Å²) in [6.07, 6.45) is 0.767. The van der Waals surface area contributed by atoms with Crippen LogP contribution in [0.3, 0.4) is 0 Å². The van der Waals surface area contributed by atoms with Crippen molar-refractivity contribution in [3.8, 4) is 5.75 Å². The third-order valence-corrected chi connectivity index (χ3v) is 5.03. The Morgan fingerprint density at radius 2 is 1.93 bits per heavy atom. The number of hydrogen-bond donors (Lipinski definition) is 1. The molecule has 1 N–H and O–H groups in total. The van der Waals surface area contributed by atoms with Crippen LogP contribution < -0.4 is 10.1 Å². The number of carbonyl (C=O) groups is 2. The van der Waals surface area contributed by atoms with Gasteiger partial charge in [-0.3, -0.25) is 9.59 Å². The lowest BCUT2D eigenvalue weighted by molar-refractivity contribution is -0.116. The summed E-state index contributed by atoms with van der Waals surface area (Å²) in [5.74, 6) is 0.286. The van der Waals surface area contributed by atoms with Crippen molar-refractivity contribution in [1.82, 2.24) is 9.78 Å². The van der Waals surface area contributed by atoms with Crippen LogP contribution in [-0.4, -0.2) is 40.4 Å². The molecule has 2 aromatic rings. The van der Waals surface area contributed by atoms with E-state index in [0.717, 1.165) is 22.5 Å². The fraction of sp³-hybridized carbons (Fsp3) is 0.318. The van der Waals surface area contributed by atoms with Crippen LogP contribution in [-0.2, 0) is 16.0 Å². The molecule has 0 aliphatic carbocycles. The first-order valence-corrected chi connectivity index (χ1v) is 9.58. The third kappa shape index (κ3) is 4.22. The molecule has 1 aromatic heterocycles.